The number of carbonyl (C=O) groups is 1. The first-order valence-corrected chi connectivity index (χ1v) is 11.2. The number of aliphatic imine (C=N–C) groups is 1. The number of aryl methyl sites for hydroxylation is 5. The second kappa shape index (κ2) is 10.8. The number of nitrogens with zero attached hydrogens (tertiary/aromatic N) is 3. The van der Waals surface area contributed by atoms with Crippen molar-refractivity contribution in [2.45, 2.75) is 54.1 Å². The van der Waals surface area contributed by atoms with Crippen molar-refractivity contribution in [3.05, 3.63) is 76.1 Å². The Hall–Kier alpha value is -3.61. The number of guanidine groups is 1. The first kappa shape index (κ1) is 24.0. The van der Waals surface area contributed by atoms with Crippen LogP contribution in [0.5, 0.6) is 5.75 Å². The SMILES string of the molecule is CCCn1cc(CN=C(NC(=O)c2cc(C)cc(C)c2)Nc2cc(C)ccc2OC)c(C)n1. The quantitative estimate of drug-likeness (QED) is 0.397. The summed E-state index contributed by atoms with van der Waals surface area (Å²) in [7, 11) is 1.62. The van der Waals surface area contributed by atoms with E-state index in [-0.39, 0.29) is 5.91 Å². The molecule has 0 bridgehead atoms. The highest BCUT2D eigenvalue weighted by Gasteiger charge is 2.13. The van der Waals surface area contributed by atoms with Gasteiger partial charge in [-0.15, -0.1) is 0 Å². The molecule has 7 heteroatoms. The van der Waals surface area contributed by atoms with Crippen molar-refractivity contribution >= 4 is 17.6 Å². The van der Waals surface area contributed by atoms with Gasteiger partial charge in [-0.2, -0.15) is 5.10 Å². The monoisotopic (exact) mass is 447 g/mol. The molecule has 174 valence electrons. The summed E-state index contributed by atoms with van der Waals surface area (Å²) >= 11 is 0. The number of benzene rings is 2. The molecule has 0 aliphatic rings. The Bertz CT molecular complexity index is 1140. The summed E-state index contributed by atoms with van der Waals surface area (Å²) in [6, 6.07) is 11.6. The minimum absolute atomic E-state index is 0.224. The van der Waals surface area contributed by atoms with E-state index in [1.54, 1.807) is 7.11 Å². The van der Waals surface area contributed by atoms with E-state index < -0.39 is 0 Å². The van der Waals surface area contributed by atoms with Gasteiger partial charge >= 0.3 is 0 Å². The molecule has 0 atom stereocenters. The summed E-state index contributed by atoms with van der Waals surface area (Å²) in [4.78, 5) is 17.8. The molecule has 2 N–H and O–H groups in total. The van der Waals surface area contributed by atoms with Crippen molar-refractivity contribution in [2.75, 3.05) is 12.4 Å². The van der Waals surface area contributed by atoms with Crippen LogP contribution < -0.4 is 15.4 Å². The molecule has 0 unspecified atom stereocenters. The third-order valence-electron chi connectivity index (χ3n) is 5.23. The first-order chi connectivity index (χ1) is 15.8. The summed E-state index contributed by atoms with van der Waals surface area (Å²) in [5.74, 6) is 0.796. The standard InChI is InChI=1S/C26H33N5O2/c1-7-10-31-16-22(20(5)30-31)15-27-26(28-23-14-17(2)8-9-24(23)33-6)29-25(32)21-12-18(3)11-19(4)13-21/h8-9,11-14,16H,7,10,15H2,1-6H3,(H2,27,28,29,32). The van der Waals surface area contributed by atoms with Crippen molar-refractivity contribution in [1.29, 1.82) is 0 Å². The van der Waals surface area contributed by atoms with Crippen molar-refractivity contribution in [3.8, 4) is 5.75 Å². The fourth-order valence-corrected chi connectivity index (χ4v) is 3.67. The van der Waals surface area contributed by atoms with E-state index in [9.17, 15) is 4.79 Å². The third-order valence-corrected chi connectivity index (χ3v) is 5.23. The predicted octanol–water partition coefficient (Wildman–Crippen LogP) is 4.93. The van der Waals surface area contributed by atoms with Gasteiger partial charge in [0.15, 0.2) is 0 Å². The van der Waals surface area contributed by atoms with Crippen LogP contribution in [0, 0.1) is 27.7 Å². The van der Waals surface area contributed by atoms with Gasteiger partial charge < -0.3 is 10.1 Å². The highest BCUT2D eigenvalue weighted by atomic mass is 16.5. The summed E-state index contributed by atoms with van der Waals surface area (Å²) in [6.45, 7) is 11.3. The smallest absolute Gasteiger partial charge is 0.257 e. The first-order valence-electron chi connectivity index (χ1n) is 11.2. The molecular formula is C26H33N5O2. The van der Waals surface area contributed by atoms with Gasteiger partial charge in [0.25, 0.3) is 5.91 Å². The van der Waals surface area contributed by atoms with Crippen LogP contribution in [0.2, 0.25) is 0 Å². The number of amides is 1. The Balaban J connectivity index is 1.91. The molecular weight excluding hydrogens is 414 g/mol. The summed E-state index contributed by atoms with van der Waals surface area (Å²) in [5.41, 5.74) is 6.40. The fourth-order valence-electron chi connectivity index (χ4n) is 3.67. The number of aromatic nitrogens is 2. The Morgan fingerprint density at radius 2 is 1.79 bits per heavy atom. The highest BCUT2D eigenvalue weighted by Crippen LogP contribution is 2.25. The van der Waals surface area contributed by atoms with E-state index in [4.69, 9.17) is 9.73 Å². The molecule has 3 aromatic rings. The molecule has 1 aromatic heterocycles. The van der Waals surface area contributed by atoms with Gasteiger partial charge in [-0.25, -0.2) is 4.99 Å². The molecule has 0 saturated carbocycles. The molecule has 7 nitrogen and oxygen atoms in total. The van der Waals surface area contributed by atoms with E-state index >= 15 is 0 Å². The van der Waals surface area contributed by atoms with Gasteiger partial charge in [0.2, 0.25) is 5.96 Å². The van der Waals surface area contributed by atoms with Crippen LogP contribution in [0.3, 0.4) is 0 Å². The molecule has 1 amide bonds. The second-order valence-electron chi connectivity index (χ2n) is 8.33. The number of methoxy groups -OCH3 is 1. The molecule has 2 aromatic carbocycles. The Kier molecular flexibility index (Phi) is 7.87. The van der Waals surface area contributed by atoms with E-state index in [1.807, 2.05) is 75.0 Å². The number of carbonyl (C=O) groups excluding carboxylic acids is 1. The van der Waals surface area contributed by atoms with E-state index in [0.717, 1.165) is 46.6 Å². The van der Waals surface area contributed by atoms with Gasteiger partial charge in [-0.3, -0.25) is 14.8 Å². The van der Waals surface area contributed by atoms with Crippen LogP contribution in [-0.4, -0.2) is 28.8 Å². The Morgan fingerprint density at radius 1 is 1.06 bits per heavy atom. The Morgan fingerprint density at radius 3 is 2.45 bits per heavy atom. The van der Waals surface area contributed by atoms with Gasteiger partial charge in [-0.05, 0) is 63.9 Å². The number of hydrogen-bond donors (Lipinski definition) is 2. The molecule has 0 fully saturated rings. The van der Waals surface area contributed by atoms with Crippen molar-refractivity contribution in [2.24, 2.45) is 4.99 Å². The fraction of sp³-hybridized carbons (Fsp3) is 0.346. The molecule has 1 heterocycles. The lowest BCUT2D eigenvalue weighted by Crippen LogP contribution is -2.36. The van der Waals surface area contributed by atoms with E-state index in [2.05, 4.69) is 22.7 Å². The zero-order chi connectivity index (χ0) is 24.0. The van der Waals surface area contributed by atoms with E-state index in [0.29, 0.717) is 23.8 Å². The lowest BCUT2D eigenvalue weighted by molar-refractivity contribution is 0.0976. The topological polar surface area (TPSA) is 80.5 Å². The molecule has 0 spiro atoms. The lowest BCUT2D eigenvalue weighted by atomic mass is 10.1. The zero-order valence-corrected chi connectivity index (χ0v) is 20.3. The zero-order valence-electron chi connectivity index (χ0n) is 20.3. The largest absolute Gasteiger partial charge is 0.495 e. The van der Waals surface area contributed by atoms with Crippen LogP contribution in [-0.2, 0) is 13.1 Å². The number of nitrogens with one attached hydrogen (secondary N) is 2. The van der Waals surface area contributed by atoms with Gasteiger partial charge in [0.05, 0.1) is 25.0 Å². The molecule has 33 heavy (non-hydrogen) atoms. The number of ether oxygens (including phenoxy) is 1. The molecule has 0 aliphatic heterocycles. The average Bonchev–Trinajstić information content (AvgIpc) is 3.10. The predicted molar refractivity (Wildman–Crippen MR) is 133 cm³/mol. The molecule has 0 aliphatic carbocycles. The molecule has 0 saturated heterocycles. The maximum absolute atomic E-state index is 13.1. The van der Waals surface area contributed by atoms with Crippen LogP contribution in [0.15, 0.2) is 47.6 Å². The summed E-state index contributed by atoms with van der Waals surface area (Å²) in [5, 5.41) is 10.8. The number of anilines is 1. The summed E-state index contributed by atoms with van der Waals surface area (Å²) < 4.78 is 7.43. The third kappa shape index (κ3) is 6.44. The molecule has 3 rings (SSSR count). The second-order valence-corrected chi connectivity index (χ2v) is 8.33. The Labute approximate surface area is 195 Å². The van der Waals surface area contributed by atoms with Crippen LogP contribution in [0.25, 0.3) is 0 Å². The van der Waals surface area contributed by atoms with Crippen LogP contribution in [0.4, 0.5) is 5.69 Å². The van der Waals surface area contributed by atoms with Gasteiger partial charge in [0.1, 0.15) is 5.75 Å². The molecule has 0 radical (unpaired) electrons. The number of hydrogen-bond acceptors (Lipinski definition) is 4. The maximum Gasteiger partial charge on any atom is 0.257 e. The minimum atomic E-state index is -0.224. The number of rotatable bonds is 7. The van der Waals surface area contributed by atoms with Crippen LogP contribution >= 0.6 is 0 Å². The highest BCUT2D eigenvalue weighted by molar-refractivity contribution is 6.10. The minimum Gasteiger partial charge on any atom is -0.495 e. The van der Waals surface area contributed by atoms with Crippen molar-refractivity contribution < 1.29 is 9.53 Å². The van der Waals surface area contributed by atoms with Crippen molar-refractivity contribution in [3.63, 3.8) is 0 Å². The normalized spacial score (nSPS) is 11.4. The van der Waals surface area contributed by atoms with Gasteiger partial charge in [0, 0.05) is 23.9 Å². The van der Waals surface area contributed by atoms with Gasteiger partial charge in [-0.1, -0.05) is 30.2 Å². The summed E-state index contributed by atoms with van der Waals surface area (Å²) in [6.07, 6.45) is 3.02. The lowest BCUT2D eigenvalue weighted by Gasteiger charge is -2.15. The average molecular weight is 448 g/mol. The van der Waals surface area contributed by atoms with Crippen molar-refractivity contribution in [1.82, 2.24) is 15.1 Å². The maximum atomic E-state index is 13.1. The van der Waals surface area contributed by atoms with Crippen LogP contribution in [0.1, 0.15) is 51.7 Å². The van der Waals surface area contributed by atoms with E-state index in [1.165, 1.54) is 0 Å².